The normalized spacial score (nSPS) is 9.64. The van der Waals surface area contributed by atoms with Crippen LogP contribution in [0, 0.1) is 0 Å². The van der Waals surface area contributed by atoms with Crippen molar-refractivity contribution in [3.8, 4) is 0 Å². The van der Waals surface area contributed by atoms with E-state index in [0.717, 1.165) is 12.0 Å². The minimum Gasteiger partial charge on any atom is -0.207 e. The molecule has 0 aliphatic heterocycles. The maximum atomic E-state index is 12.6. The Balaban J connectivity index is 3.01. The van der Waals surface area contributed by atoms with Crippen molar-refractivity contribution in [2.24, 2.45) is 0 Å². The van der Waals surface area contributed by atoms with Crippen LogP contribution in [0.1, 0.15) is 18.1 Å². The van der Waals surface area contributed by atoms with Gasteiger partial charge >= 0.3 is 0 Å². The number of hydrogen-bond donors (Lipinski definition) is 0. The highest BCUT2D eigenvalue weighted by Crippen LogP contribution is 2.14. The summed E-state index contributed by atoms with van der Waals surface area (Å²) in [5.74, 6) is -0.361. The fourth-order valence-corrected chi connectivity index (χ4v) is 0.960. The van der Waals surface area contributed by atoms with Crippen LogP contribution in [0.15, 0.2) is 30.8 Å². The van der Waals surface area contributed by atoms with Crippen LogP contribution in [0.4, 0.5) is 4.39 Å². The van der Waals surface area contributed by atoms with Crippen LogP contribution in [0.3, 0.4) is 0 Å². The molecule has 0 N–H and O–H groups in total. The Morgan fingerprint density at radius 1 is 1.55 bits per heavy atom. The molecule has 1 heteroatoms. The summed E-state index contributed by atoms with van der Waals surface area (Å²) in [7, 11) is 0. The number of benzene rings is 1. The fraction of sp³-hybridized carbons (Fsp3) is 0.200. The van der Waals surface area contributed by atoms with E-state index < -0.39 is 0 Å². The third kappa shape index (κ3) is 1.90. The molecule has 0 aliphatic rings. The first-order valence-electron chi connectivity index (χ1n) is 3.67. The molecule has 1 aromatic rings. The highest BCUT2D eigenvalue weighted by atomic mass is 19.1. The van der Waals surface area contributed by atoms with Gasteiger partial charge in [-0.3, -0.25) is 0 Å². The summed E-state index contributed by atoms with van der Waals surface area (Å²) in [4.78, 5) is 0. The van der Waals surface area contributed by atoms with Gasteiger partial charge in [-0.05, 0) is 18.1 Å². The zero-order chi connectivity index (χ0) is 8.27. The highest BCUT2D eigenvalue weighted by molar-refractivity contribution is 5.57. The minimum absolute atomic E-state index is 0.361. The van der Waals surface area contributed by atoms with E-state index >= 15 is 0 Å². The van der Waals surface area contributed by atoms with Gasteiger partial charge in [0.25, 0.3) is 0 Å². The van der Waals surface area contributed by atoms with E-state index in [1.165, 1.54) is 0 Å². The quantitative estimate of drug-likeness (QED) is 0.607. The summed E-state index contributed by atoms with van der Waals surface area (Å²) in [5.41, 5.74) is 1.73. The summed E-state index contributed by atoms with van der Waals surface area (Å²) in [6.45, 7) is 5.28. The lowest BCUT2D eigenvalue weighted by Crippen LogP contribution is -1.81. The molecule has 0 saturated carbocycles. The van der Waals surface area contributed by atoms with Gasteiger partial charge in [-0.1, -0.05) is 31.7 Å². The Bertz CT molecular complexity index is 263. The molecule has 0 aliphatic carbocycles. The van der Waals surface area contributed by atoms with Crippen LogP contribution < -0.4 is 0 Å². The molecule has 0 bridgehead atoms. The highest BCUT2D eigenvalue weighted by Gasteiger charge is 1.96. The summed E-state index contributed by atoms with van der Waals surface area (Å²) in [6, 6.07) is 7.37. The summed E-state index contributed by atoms with van der Waals surface area (Å²) >= 11 is 0. The lowest BCUT2D eigenvalue weighted by Gasteiger charge is -1.98. The Kier molecular flexibility index (Phi) is 2.42. The van der Waals surface area contributed by atoms with Crippen molar-refractivity contribution in [3.05, 3.63) is 42.0 Å². The average Bonchev–Trinajstić information content (AvgIpc) is 2.05. The van der Waals surface area contributed by atoms with Gasteiger partial charge < -0.3 is 0 Å². The summed E-state index contributed by atoms with van der Waals surface area (Å²) in [5, 5.41) is 0. The minimum atomic E-state index is -0.361. The Morgan fingerprint density at radius 2 is 2.27 bits per heavy atom. The van der Waals surface area contributed by atoms with Crippen molar-refractivity contribution >= 4 is 5.83 Å². The van der Waals surface area contributed by atoms with E-state index in [2.05, 4.69) is 6.58 Å². The molecule has 1 aromatic carbocycles. The largest absolute Gasteiger partial charge is 0.207 e. The number of hydrogen-bond acceptors (Lipinski definition) is 0. The van der Waals surface area contributed by atoms with E-state index in [4.69, 9.17) is 0 Å². The fourth-order valence-electron chi connectivity index (χ4n) is 0.960. The predicted molar refractivity (Wildman–Crippen MR) is 46.0 cm³/mol. The van der Waals surface area contributed by atoms with E-state index in [-0.39, 0.29) is 5.83 Å². The van der Waals surface area contributed by atoms with Crippen molar-refractivity contribution in [1.82, 2.24) is 0 Å². The first-order valence-corrected chi connectivity index (χ1v) is 3.67. The van der Waals surface area contributed by atoms with Gasteiger partial charge in [-0.2, -0.15) is 0 Å². The van der Waals surface area contributed by atoms with Gasteiger partial charge in [0.2, 0.25) is 0 Å². The second-order valence-corrected chi connectivity index (χ2v) is 2.46. The lowest BCUT2D eigenvalue weighted by atomic mass is 10.1. The third-order valence-electron chi connectivity index (χ3n) is 1.65. The van der Waals surface area contributed by atoms with Crippen LogP contribution in [0.5, 0.6) is 0 Å². The maximum absolute atomic E-state index is 12.6. The molecular formula is C10H11F. The smallest absolute Gasteiger partial charge is 0.123 e. The second-order valence-electron chi connectivity index (χ2n) is 2.46. The van der Waals surface area contributed by atoms with Gasteiger partial charge in [0.15, 0.2) is 0 Å². The molecule has 0 amide bonds. The molecule has 0 atom stereocenters. The molecule has 0 fully saturated rings. The van der Waals surface area contributed by atoms with E-state index in [1.807, 2.05) is 25.1 Å². The molecule has 0 nitrogen and oxygen atoms in total. The van der Waals surface area contributed by atoms with E-state index in [0.29, 0.717) is 5.56 Å². The van der Waals surface area contributed by atoms with Gasteiger partial charge in [0.1, 0.15) is 5.83 Å². The molecule has 58 valence electrons. The third-order valence-corrected chi connectivity index (χ3v) is 1.65. The SMILES string of the molecule is C=C(F)c1cccc(CC)c1. The van der Waals surface area contributed by atoms with Crippen LogP contribution in [-0.2, 0) is 6.42 Å². The summed E-state index contributed by atoms with van der Waals surface area (Å²) < 4.78 is 12.6. The van der Waals surface area contributed by atoms with Crippen LogP contribution >= 0.6 is 0 Å². The first kappa shape index (κ1) is 7.99. The van der Waals surface area contributed by atoms with E-state index in [9.17, 15) is 4.39 Å². The zero-order valence-corrected chi connectivity index (χ0v) is 6.60. The zero-order valence-electron chi connectivity index (χ0n) is 6.60. The Labute approximate surface area is 66.4 Å². The standard InChI is InChI=1S/C10H11F/c1-3-9-5-4-6-10(7-9)8(2)11/h4-7H,2-3H2,1H3. The topological polar surface area (TPSA) is 0 Å². The van der Waals surface area contributed by atoms with Crippen molar-refractivity contribution < 1.29 is 4.39 Å². The molecular weight excluding hydrogens is 139 g/mol. The van der Waals surface area contributed by atoms with Gasteiger partial charge in [0, 0.05) is 5.56 Å². The average molecular weight is 150 g/mol. The van der Waals surface area contributed by atoms with Gasteiger partial charge in [-0.15, -0.1) is 0 Å². The Morgan fingerprint density at radius 3 is 2.82 bits per heavy atom. The predicted octanol–water partition coefficient (Wildman–Crippen LogP) is 3.19. The van der Waals surface area contributed by atoms with Crippen LogP contribution in [0.2, 0.25) is 0 Å². The molecule has 1 rings (SSSR count). The molecule has 0 radical (unpaired) electrons. The molecule has 0 unspecified atom stereocenters. The second kappa shape index (κ2) is 3.33. The number of rotatable bonds is 2. The molecule has 0 aromatic heterocycles. The Hall–Kier alpha value is -1.11. The van der Waals surface area contributed by atoms with Crippen molar-refractivity contribution in [2.75, 3.05) is 0 Å². The lowest BCUT2D eigenvalue weighted by molar-refractivity contribution is 0.763. The van der Waals surface area contributed by atoms with Crippen LogP contribution in [0.25, 0.3) is 5.83 Å². The molecule has 0 spiro atoms. The maximum Gasteiger partial charge on any atom is 0.123 e. The molecule has 11 heavy (non-hydrogen) atoms. The van der Waals surface area contributed by atoms with Crippen molar-refractivity contribution in [2.45, 2.75) is 13.3 Å². The van der Waals surface area contributed by atoms with Crippen molar-refractivity contribution in [3.63, 3.8) is 0 Å². The van der Waals surface area contributed by atoms with Crippen LogP contribution in [-0.4, -0.2) is 0 Å². The summed E-state index contributed by atoms with van der Waals surface area (Å²) in [6.07, 6.45) is 0.932. The van der Waals surface area contributed by atoms with Gasteiger partial charge in [-0.25, -0.2) is 4.39 Å². The van der Waals surface area contributed by atoms with E-state index in [1.54, 1.807) is 6.07 Å². The molecule has 0 heterocycles. The first-order chi connectivity index (χ1) is 5.24. The number of aryl methyl sites for hydroxylation is 1. The number of halogens is 1. The molecule has 0 saturated heterocycles. The van der Waals surface area contributed by atoms with Gasteiger partial charge in [0.05, 0.1) is 0 Å². The monoisotopic (exact) mass is 150 g/mol. The van der Waals surface area contributed by atoms with Crippen molar-refractivity contribution in [1.29, 1.82) is 0 Å².